The first kappa shape index (κ1) is 15.8. The number of nitrogens with one attached hydrogen (secondary N) is 1. The summed E-state index contributed by atoms with van der Waals surface area (Å²) in [5.74, 6) is 0.0807. The van der Waals surface area contributed by atoms with Crippen molar-refractivity contribution >= 4 is 17.5 Å². The molecule has 0 spiro atoms. The molecule has 0 aromatic heterocycles. The zero-order chi connectivity index (χ0) is 14.8. The lowest BCUT2D eigenvalue weighted by atomic mass is 9.85. The van der Waals surface area contributed by atoms with E-state index in [4.69, 9.17) is 16.3 Å². The standard InChI is InChI=1S/C14H20ClNO3/c1-13(2,14(3,4)18)16-12(17)10-7-6-9(15)8-11(10)19-5/h6-8,18H,1-5H3,(H,16,17). The van der Waals surface area contributed by atoms with Gasteiger partial charge in [-0.15, -0.1) is 0 Å². The number of hydrogen-bond donors (Lipinski definition) is 2. The Kier molecular flexibility index (Phi) is 4.48. The molecule has 0 saturated heterocycles. The Morgan fingerprint density at radius 2 is 1.89 bits per heavy atom. The fourth-order valence-corrected chi connectivity index (χ4v) is 1.52. The summed E-state index contributed by atoms with van der Waals surface area (Å²) in [5, 5.41) is 13.3. The molecule has 0 aliphatic carbocycles. The van der Waals surface area contributed by atoms with E-state index in [1.165, 1.54) is 7.11 Å². The Morgan fingerprint density at radius 3 is 2.37 bits per heavy atom. The SMILES string of the molecule is COc1cc(Cl)ccc1C(=O)NC(C)(C)C(C)(C)O. The molecule has 0 aliphatic heterocycles. The van der Waals surface area contributed by atoms with Gasteiger partial charge in [-0.2, -0.15) is 0 Å². The van der Waals surface area contributed by atoms with Crippen LogP contribution in [-0.4, -0.2) is 29.3 Å². The zero-order valence-electron chi connectivity index (χ0n) is 11.9. The molecule has 2 N–H and O–H groups in total. The summed E-state index contributed by atoms with van der Waals surface area (Å²) in [5.41, 5.74) is -1.46. The maximum Gasteiger partial charge on any atom is 0.255 e. The Balaban J connectivity index is 3.03. The first-order valence-electron chi connectivity index (χ1n) is 5.97. The van der Waals surface area contributed by atoms with E-state index >= 15 is 0 Å². The fraction of sp³-hybridized carbons (Fsp3) is 0.500. The van der Waals surface area contributed by atoms with Crippen molar-refractivity contribution < 1.29 is 14.6 Å². The van der Waals surface area contributed by atoms with Crippen molar-refractivity contribution in [1.82, 2.24) is 5.32 Å². The van der Waals surface area contributed by atoms with Crippen molar-refractivity contribution in [1.29, 1.82) is 0 Å². The lowest BCUT2D eigenvalue weighted by Gasteiger charge is -2.38. The lowest BCUT2D eigenvalue weighted by molar-refractivity contribution is -0.00297. The summed E-state index contributed by atoms with van der Waals surface area (Å²) in [6.07, 6.45) is 0. The average Bonchev–Trinajstić information content (AvgIpc) is 2.26. The smallest absolute Gasteiger partial charge is 0.255 e. The molecule has 1 rings (SSSR count). The van der Waals surface area contributed by atoms with E-state index in [2.05, 4.69) is 5.32 Å². The van der Waals surface area contributed by atoms with Crippen molar-refractivity contribution in [2.24, 2.45) is 0 Å². The monoisotopic (exact) mass is 285 g/mol. The van der Waals surface area contributed by atoms with E-state index in [1.54, 1.807) is 45.9 Å². The Morgan fingerprint density at radius 1 is 1.32 bits per heavy atom. The van der Waals surface area contributed by atoms with Crippen LogP contribution in [0.15, 0.2) is 18.2 Å². The van der Waals surface area contributed by atoms with E-state index in [-0.39, 0.29) is 5.91 Å². The second kappa shape index (κ2) is 5.39. The second-order valence-electron chi connectivity index (χ2n) is 5.48. The number of benzene rings is 1. The van der Waals surface area contributed by atoms with Crippen molar-refractivity contribution in [3.8, 4) is 5.75 Å². The average molecular weight is 286 g/mol. The van der Waals surface area contributed by atoms with Crippen molar-refractivity contribution in [3.05, 3.63) is 28.8 Å². The highest BCUT2D eigenvalue weighted by molar-refractivity contribution is 6.30. The van der Waals surface area contributed by atoms with Crippen LogP contribution < -0.4 is 10.1 Å². The van der Waals surface area contributed by atoms with Crippen LogP contribution in [0.2, 0.25) is 5.02 Å². The third-order valence-electron chi connectivity index (χ3n) is 3.36. The Labute approximate surface area is 118 Å². The molecule has 106 valence electrons. The number of carbonyl (C=O) groups excluding carboxylic acids is 1. The topological polar surface area (TPSA) is 58.6 Å². The molecule has 0 bridgehead atoms. The molecule has 0 unspecified atom stereocenters. The minimum atomic E-state index is -1.05. The van der Waals surface area contributed by atoms with Crippen molar-refractivity contribution in [3.63, 3.8) is 0 Å². The van der Waals surface area contributed by atoms with Crippen molar-refractivity contribution in [2.75, 3.05) is 7.11 Å². The quantitative estimate of drug-likeness (QED) is 0.894. The molecule has 0 aliphatic rings. The normalized spacial score (nSPS) is 12.2. The Hall–Kier alpha value is -1.26. The van der Waals surface area contributed by atoms with E-state index in [0.717, 1.165) is 0 Å². The summed E-state index contributed by atoms with van der Waals surface area (Å²) in [6.45, 7) is 6.80. The molecule has 0 heterocycles. The predicted molar refractivity (Wildman–Crippen MR) is 75.8 cm³/mol. The van der Waals surface area contributed by atoms with Gasteiger partial charge in [0, 0.05) is 5.02 Å². The van der Waals surface area contributed by atoms with Gasteiger partial charge in [0.2, 0.25) is 0 Å². The Bertz CT molecular complexity index is 478. The molecular weight excluding hydrogens is 266 g/mol. The van der Waals surface area contributed by atoms with Crippen LogP contribution in [0.3, 0.4) is 0 Å². The largest absolute Gasteiger partial charge is 0.496 e. The molecule has 0 atom stereocenters. The number of rotatable bonds is 4. The summed E-state index contributed by atoms with van der Waals surface area (Å²) in [7, 11) is 1.48. The van der Waals surface area contributed by atoms with Gasteiger partial charge in [-0.1, -0.05) is 11.6 Å². The van der Waals surface area contributed by atoms with Crippen LogP contribution in [0.4, 0.5) is 0 Å². The van der Waals surface area contributed by atoms with E-state index in [1.807, 2.05) is 0 Å². The van der Waals surface area contributed by atoms with Crippen LogP contribution in [0.1, 0.15) is 38.1 Å². The molecule has 1 aromatic carbocycles. The van der Waals surface area contributed by atoms with Gasteiger partial charge in [0.05, 0.1) is 23.8 Å². The van der Waals surface area contributed by atoms with Gasteiger partial charge in [-0.25, -0.2) is 0 Å². The number of methoxy groups -OCH3 is 1. The first-order valence-corrected chi connectivity index (χ1v) is 6.35. The number of amides is 1. The predicted octanol–water partition coefficient (Wildman–Crippen LogP) is 2.63. The maximum absolute atomic E-state index is 12.3. The molecule has 19 heavy (non-hydrogen) atoms. The van der Waals surface area contributed by atoms with Gasteiger partial charge in [0.15, 0.2) is 0 Å². The molecule has 0 saturated carbocycles. The number of carbonyl (C=O) groups is 1. The third-order valence-corrected chi connectivity index (χ3v) is 3.60. The highest BCUT2D eigenvalue weighted by Gasteiger charge is 2.36. The number of aliphatic hydroxyl groups is 1. The first-order chi connectivity index (χ1) is 8.58. The molecule has 1 aromatic rings. The van der Waals surface area contributed by atoms with Crippen LogP contribution in [0, 0.1) is 0 Å². The van der Waals surface area contributed by atoms with Gasteiger partial charge in [0.25, 0.3) is 5.91 Å². The minimum absolute atomic E-state index is 0.319. The van der Waals surface area contributed by atoms with Crippen molar-refractivity contribution in [2.45, 2.75) is 38.8 Å². The van der Waals surface area contributed by atoms with Gasteiger partial charge in [-0.3, -0.25) is 4.79 Å². The van der Waals surface area contributed by atoms with Gasteiger partial charge >= 0.3 is 0 Å². The molecule has 5 heteroatoms. The van der Waals surface area contributed by atoms with Crippen LogP contribution >= 0.6 is 11.6 Å². The third kappa shape index (κ3) is 3.61. The zero-order valence-corrected chi connectivity index (χ0v) is 12.6. The van der Waals surface area contributed by atoms with Crippen LogP contribution in [-0.2, 0) is 0 Å². The molecular formula is C14H20ClNO3. The molecule has 4 nitrogen and oxygen atoms in total. The molecule has 1 amide bonds. The minimum Gasteiger partial charge on any atom is -0.496 e. The van der Waals surface area contributed by atoms with Gasteiger partial charge in [0.1, 0.15) is 5.75 Å². The summed E-state index contributed by atoms with van der Waals surface area (Å²) < 4.78 is 5.14. The van der Waals surface area contributed by atoms with Gasteiger partial charge in [-0.05, 0) is 45.9 Å². The van der Waals surface area contributed by atoms with E-state index in [0.29, 0.717) is 16.3 Å². The lowest BCUT2D eigenvalue weighted by Crippen LogP contribution is -2.57. The highest BCUT2D eigenvalue weighted by Crippen LogP contribution is 2.25. The van der Waals surface area contributed by atoms with Crippen LogP contribution in [0.5, 0.6) is 5.75 Å². The summed E-state index contributed by atoms with van der Waals surface area (Å²) in [6, 6.07) is 4.79. The highest BCUT2D eigenvalue weighted by atomic mass is 35.5. The molecule has 0 fully saturated rings. The molecule has 0 radical (unpaired) electrons. The van der Waals surface area contributed by atoms with Gasteiger partial charge < -0.3 is 15.2 Å². The number of halogens is 1. The van der Waals surface area contributed by atoms with Crippen LogP contribution in [0.25, 0.3) is 0 Å². The maximum atomic E-state index is 12.3. The summed E-state index contributed by atoms with van der Waals surface area (Å²) >= 11 is 5.85. The summed E-state index contributed by atoms with van der Waals surface area (Å²) in [4.78, 5) is 12.3. The fourth-order valence-electron chi connectivity index (χ4n) is 1.36. The second-order valence-corrected chi connectivity index (χ2v) is 5.92. The number of ether oxygens (including phenoxy) is 1. The number of hydrogen-bond acceptors (Lipinski definition) is 3. The van der Waals surface area contributed by atoms with E-state index in [9.17, 15) is 9.90 Å². The van der Waals surface area contributed by atoms with E-state index < -0.39 is 11.1 Å².